The third-order valence-corrected chi connectivity index (χ3v) is 5.78. The zero-order chi connectivity index (χ0) is 11.8. The molecule has 0 saturated heterocycles. The lowest BCUT2D eigenvalue weighted by Crippen LogP contribution is -2.43. The second kappa shape index (κ2) is 4.44. The van der Waals surface area contributed by atoms with Crippen LogP contribution in [0.25, 0.3) is 0 Å². The fourth-order valence-electron chi connectivity index (χ4n) is 1.85. The van der Waals surface area contributed by atoms with E-state index in [1.165, 1.54) is 6.07 Å². The molecule has 1 saturated carbocycles. The number of aliphatic hydroxyl groups excluding tert-OH is 1. The van der Waals surface area contributed by atoms with Crippen LogP contribution in [0.15, 0.2) is 15.7 Å². The summed E-state index contributed by atoms with van der Waals surface area (Å²) < 4.78 is 26.7. The van der Waals surface area contributed by atoms with Crippen LogP contribution in [0.1, 0.15) is 25.3 Å². The van der Waals surface area contributed by atoms with Gasteiger partial charge in [0.05, 0.1) is 6.61 Å². The first-order valence-electron chi connectivity index (χ1n) is 5.22. The van der Waals surface area contributed by atoms with Crippen LogP contribution in [0.5, 0.6) is 0 Å². The molecule has 0 radical (unpaired) electrons. The van der Waals surface area contributed by atoms with Crippen molar-refractivity contribution in [1.29, 1.82) is 0 Å². The molecule has 1 aliphatic rings. The second-order valence-corrected chi connectivity index (χ2v) is 7.18. The topological polar surface area (TPSA) is 66.4 Å². The molecule has 1 fully saturated rings. The molecule has 1 aliphatic carbocycles. The van der Waals surface area contributed by atoms with Crippen LogP contribution in [-0.2, 0) is 16.6 Å². The fraction of sp³-hybridized carbons (Fsp3) is 0.600. The summed E-state index contributed by atoms with van der Waals surface area (Å²) in [5, 5.41) is 10.5. The normalized spacial score (nSPS) is 25.4. The first kappa shape index (κ1) is 12.0. The van der Waals surface area contributed by atoms with Gasteiger partial charge in [-0.1, -0.05) is 6.92 Å². The van der Waals surface area contributed by atoms with Crippen molar-refractivity contribution in [2.24, 2.45) is 5.92 Å². The number of aliphatic hydroxyl groups is 1. The van der Waals surface area contributed by atoms with Gasteiger partial charge in [-0.3, -0.25) is 0 Å². The van der Waals surface area contributed by atoms with E-state index >= 15 is 0 Å². The Kier molecular flexibility index (Phi) is 3.34. The van der Waals surface area contributed by atoms with Gasteiger partial charge in [-0.05, 0) is 35.8 Å². The minimum Gasteiger partial charge on any atom is -0.392 e. The number of thiophene rings is 1. The van der Waals surface area contributed by atoms with Gasteiger partial charge in [-0.2, -0.15) is 0 Å². The van der Waals surface area contributed by atoms with Gasteiger partial charge in [-0.25, -0.2) is 13.1 Å². The van der Waals surface area contributed by atoms with E-state index in [2.05, 4.69) is 11.6 Å². The molecule has 0 unspecified atom stereocenters. The highest BCUT2D eigenvalue weighted by Crippen LogP contribution is 2.29. The first-order valence-corrected chi connectivity index (χ1v) is 7.58. The predicted molar refractivity (Wildman–Crippen MR) is 62.7 cm³/mol. The van der Waals surface area contributed by atoms with Gasteiger partial charge in [0.1, 0.15) is 4.21 Å². The molecule has 0 bridgehead atoms. The quantitative estimate of drug-likeness (QED) is 0.859. The third-order valence-electron chi connectivity index (χ3n) is 2.77. The van der Waals surface area contributed by atoms with E-state index in [-0.39, 0.29) is 16.9 Å². The van der Waals surface area contributed by atoms with Crippen LogP contribution >= 0.6 is 11.3 Å². The summed E-state index contributed by atoms with van der Waals surface area (Å²) in [5.41, 5.74) is 0.646. The number of nitrogens with one attached hydrogen (secondary N) is 1. The van der Waals surface area contributed by atoms with Gasteiger partial charge in [0.25, 0.3) is 0 Å². The van der Waals surface area contributed by atoms with Crippen molar-refractivity contribution >= 4 is 21.4 Å². The Morgan fingerprint density at radius 2 is 2.25 bits per heavy atom. The smallest absolute Gasteiger partial charge is 0.250 e. The van der Waals surface area contributed by atoms with Crippen LogP contribution in [0.2, 0.25) is 0 Å². The zero-order valence-electron chi connectivity index (χ0n) is 9.01. The number of sulfonamides is 1. The Labute approximate surface area is 99.4 Å². The minimum absolute atomic E-state index is 0.0830. The average Bonchev–Trinajstić information content (AvgIpc) is 2.63. The molecule has 2 N–H and O–H groups in total. The third kappa shape index (κ3) is 2.45. The molecule has 4 nitrogen and oxygen atoms in total. The van der Waals surface area contributed by atoms with E-state index < -0.39 is 10.0 Å². The summed E-state index contributed by atoms with van der Waals surface area (Å²) in [6.07, 6.45) is 1.83. The molecule has 90 valence electrons. The van der Waals surface area contributed by atoms with Gasteiger partial charge in [0.15, 0.2) is 0 Å². The van der Waals surface area contributed by atoms with E-state index in [1.54, 1.807) is 5.38 Å². The highest BCUT2D eigenvalue weighted by atomic mass is 32.2. The second-order valence-electron chi connectivity index (χ2n) is 4.33. The van der Waals surface area contributed by atoms with E-state index in [9.17, 15) is 8.42 Å². The standard InChI is InChI=1S/C10H15NO3S2/c1-7-2-9(3-7)11-16(13,14)10-4-8(5-12)6-15-10/h4,6-7,9,11-12H,2-3,5H2,1H3. The van der Waals surface area contributed by atoms with Gasteiger partial charge in [0, 0.05) is 6.04 Å². The average molecular weight is 261 g/mol. The van der Waals surface area contributed by atoms with Crippen LogP contribution < -0.4 is 4.72 Å². The minimum atomic E-state index is -3.38. The molecule has 1 aromatic rings. The molecule has 1 aromatic heterocycles. The Morgan fingerprint density at radius 1 is 1.56 bits per heavy atom. The molecule has 0 amide bonds. The maximum absolute atomic E-state index is 11.9. The van der Waals surface area contributed by atoms with Crippen molar-refractivity contribution in [3.8, 4) is 0 Å². The van der Waals surface area contributed by atoms with Crippen molar-refractivity contribution in [2.75, 3.05) is 0 Å². The molecular formula is C10H15NO3S2. The van der Waals surface area contributed by atoms with Crippen molar-refractivity contribution in [2.45, 2.75) is 36.6 Å². The van der Waals surface area contributed by atoms with E-state index in [1.807, 2.05) is 0 Å². The maximum Gasteiger partial charge on any atom is 0.250 e. The van der Waals surface area contributed by atoms with Crippen LogP contribution in [0.4, 0.5) is 0 Å². The van der Waals surface area contributed by atoms with Crippen LogP contribution in [-0.4, -0.2) is 19.6 Å². The Hall–Kier alpha value is -0.430. The molecule has 16 heavy (non-hydrogen) atoms. The number of hydrogen-bond acceptors (Lipinski definition) is 4. The highest BCUT2D eigenvalue weighted by molar-refractivity contribution is 7.91. The van der Waals surface area contributed by atoms with Crippen molar-refractivity contribution in [3.05, 3.63) is 17.0 Å². The van der Waals surface area contributed by atoms with Crippen molar-refractivity contribution in [3.63, 3.8) is 0 Å². The molecular weight excluding hydrogens is 246 g/mol. The highest BCUT2D eigenvalue weighted by Gasteiger charge is 2.30. The number of rotatable bonds is 4. The lowest BCUT2D eigenvalue weighted by atomic mass is 9.83. The van der Waals surface area contributed by atoms with Gasteiger partial charge < -0.3 is 5.11 Å². The predicted octanol–water partition coefficient (Wildman–Crippen LogP) is 1.32. The fourth-order valence-corrected chi connectivity index (χ4v) is 4.33. The lowest BCUT2D eigenvalue weighted by molar-refractivity contribution is 0.270. The Bertz CT molecular complexity index is 460. The Morgan fingerprint density at radius 3 is 2.75 bits per heavy atom. The molecule has 0 aliphatic heterocycles. The molecule has 6 heteroatoms. The largest absolute Gasteiger partial charge is 0.392 e. The van der Waals surface area contributed by atoms with Crippen molar-refractivity contribution < 1.29 is 13.5 Å². The van der Waals surface area contributed by atoms with Gasteiger partial charge >= 0.3 is 0 Å². The van der Waals surface area contributed by atoms with E-state index in [0.29, 0.717) is 11.5 Å². The number of hydrogen-bond donors (Lipinski definition) is 2. The first-order chi connectivity index (χ1) is 7.51. The molecule has 0 atom stereocenters. The molecule has 0 aromatic carbocycles. The molecule has 1 heterocycles. The Balaban J connectivity index is 2.06. The summed E-state index contributed by atoms with van der Waals surface area (Å²) in [7, 11) is -3.38. The van der Waals surface area contributed by atoms with E-state index in [0.717, 1.165) is 24.2 Å². The maximum atomic E-state index is 11.9. The van der Waals surface area contributed by atoms with E-state index in [4.69, 9.17) is 5.11 Å². The zero-order valence-corrected chi connectivity index (χ0v) is 10.6. The van der Waals surface area contributed by atoms with Gasteiger partial charge in [-0.15, -0.1) is 11.3 Å². The van der Waals surface area contributed by atoms with Crippen molar-refractivity contribution in [1.82, 2.24) is 4.72 Å². The molecule has 0 spiro atoms. The van der Waals surface area contributed by atoms with Gasteiger partial charge in [0.2, 0.25) is 10.0 Å². The van der Waals surface area contributed by atoms with Crippen LogP contribution in [0, 0.1) is 5.92 Å². The molecule has 2 rings (SSSR count). The lowest BCUT2D eigenvalue weighted by Gasteiger charge is -2.32. The SMILES string of the molecule is CC1CC(NS(=O)(=O)c2cc(CO)cs2)C1. The summed E-state index contributed by atoms with van der Waals surface area (Å²) in [4.78, 5) is 0. The van der Waals surface area contributed by atoms with Crippen LogP contribution in [0.3, 0.4) is 0 Å². The monoisotopic (exact) mass is 261 g/mol. The summed E-state index contributed by atoms with van der Waals surface area (Å²) in [6, 6.07) is 1.61. The summed E-state index contributed by atoms with van der Waals surface area (Å²) in [6.45, 7) is 1.99. The summed E-state index contributed by atoms with van der Waals surface area (Å²) >= 11 is 1.15. The summed E-state index contributed by atoms with van der Waals surface area (Å²) in [5.74, 6) is 0.615.